The lowest BCUT2D eigenvalue weighted by molar-refractivity contribution is 0.0914. The van der Waals surface area contributed by atoms with E-state index in [9.17, 15) is 13.2 Å². The van der Waals surface area contributed by atoms with Crippen molar-refractivity contribution in [3.63, 3.8) is 0 Å². The van der Waals surface area contributed by atoms with E-state index in [1.165, 1.54) is 19.2 Å². The summed E-state index contributed by atoms with van der Waals surface area (Å²) in [6, 6.07) is 6.22. The van der Waals surface area contributed by atoms with Gasteiger partial charge in [0.15, 0.2) is 9.84 Å². The largest absolute Gasteiger partial charge is 0.384 e. The van der Waals surface area contributed by atoms with Crippen LogP contribution in [0.3, 0.4) is 0 Å². The van der Waals surface area contributed by atoms with Gasteiger partial charge in [-0.1, -0.05) is 6.92 Å². The van der Waals surface area contributed by atoms with E-state index in [1.807, 2.05) is 0 Å². The number of hydrogen-bond acceptors (Lipinski definition) is 5. The summed E-state index contributed by atoms with van der Waals surface area (Å²) in [6.45, 7) is 4.04. The minimum atomic E-state index is -3.37. The van der Waals surface area contributed by atoms with Gasteiger partial charge in [-0.25, -0.2) is 8.42 Å². The molecule has 24 heavy (non-hydrogen) atoms. The molecule has 0 spiro atoms. The molecule has 1 amide bonds. The molecule has 1 aliphatic rings. The lowest BCUT2D eigenvalue weighted by Crippen LogP contribution is -2.48. The molecule has 2 atom stereocenters. The second kappa shape index (κ2) is 9.36. The van der Waals surface area contributed by atoms with Gasteiger partial charge in [0, 0.05) is 18.7 Å². The number of amides is 1. The molecule has 6 nitrogen and oxygen atoms in total. The maximum absolute atomic E-state index is 12.3. The molecule has 2 unspecified atom stereocenters. The molecule has 0 bridgehead atoms. The highest BCUT2D eigenvalue weighted by Gasteiger charge is 2.23. The van der Waals surface area contributed by atoms with Crippen LogP contribution in [0.1, 0.15) is 23.7 Å². The van der Waals surface area contributed by atoms with Gasteiger partial charge >= 0.3 is 0 Å². The monoisotopic (exact) mass is 376 g/mol. The van der Waals surface area contributed by atoms with Crippen LogP contribution in [0.25, 0.3) is 0 Å². The van der Waals surface area contributed by atoms with Crippen molar-refractivity contribution < 1.29 is 17.9 Å². The zero-order valence-electron chi connectivity index (χ0n) is 13.9. The van der Waals surface area contributed by atoms with Gasteiger partial charge in [-0.2, -0.15) is 0 Å². The molecule has 1 aliphatic heterocycles. The summed E-state index contributed by atoms with van der Waals surface area (Å²) in [5.41, 5.74) is 0.474. The normalized spacial score (nSPS) is 20.9. The topological polar surface area (TPSA) is 84.5 Å². The van der Waals surface area contributed by atoms with Crippen LogP contribution >= 0.6 is 12.4 Å². The molecule has 0 radical (unpaired) electrons. The van der Waals surface area contributed by atoms with Gasteiger partial charge in [-0.15, -0.1) is 12.4 Å². The Bertz CT molecular complexity index is 634. The first-order chi connectivity index (χ1) is 10.9. The number of carbonyl (C=O) groups excluding carboxylic acids is 1. The molecule has 2 N–H and O–H groups in total. The van der Waals surface area contributed by atoms with Crippen molar-refractivity contribution >= 4 is 28.2 Å². The van der Waals surface area contributed by atoms with Crippen molar-refractivity contribution in [3.05, 3.63) is 29.8 Å². The first-order valence-corrected chi connectivity index (χ1v) is 9.42. The van der Waals surface area contributed by atoms with Crippen LogP contribution in [0.5, 0.6) is 0 Å². The van der Waals surface area contributed by atoms with Crippen molar-refractivity contribution in [2.45, 2.75) is 24.3 Å². The molecule has 8 heteroatoms. The van der Waals surface area contributed by atoms with E-state index in [4.69, 9.17) is 4.74 Å². The summed E-state index contributed by atoms with van der Waals surface area (Å²) >= 11 is 0. The average molecular weight is 377 g/mol. The van der Waals surface area contributed by atoms with Crippen LogP contribution in [0.4, 0.5) is 0 Å². The summed E-state index contributed by atoms with van der Waals surface area (Å²) in [6.07, 6.45) is 0.899. The number of nitrogens with one attached hydrogen (secondary N) is 2. The Kier molecular flexibility index (Phi) is 8.15. The van der Waals surface area contributed by atoms with Crippen LogP contribution in [-0.2, 0) is 14.6 Å². The van der Waals surface area contributed by atoms with E-state index < -0.39 is 9.84 Å². The fourth-order valence-corrected chi connectivity index (χ4v) is 3.78. The number of piperidine rings is 1. The number of carbonyl (C=O) groups is 1. The molecule has 0 aliphatic carbocycles. The quantitative estimate of drug-likeness (QED) is 0.780. The van der Waals surface area contributed by atoms with Crippen LogP contribution in [-0.4, -0.2) is 52.9 Å². The predicted octanol–water partition coefficient (Wildman–Crippen LogP) is 1.26. The maximum atomic E-state index is 12.3. The van der Waals surface area contributed by atoms with Gasteiger partial charge in [0.2, 0.25) is 0 Å². The summed E-state index contributed by atoms with van der Waals surface area (Å²) in [7, 11) is -1.90. The maximum Gasteiger partial charge on any atom is 0.251 e. The van der Waals surface area contributed by atoms with Crippen molar-refractivity contribution in [1.29, 1.82) is 0 Å². The number of hydrogen-bond donors (Lipinski definition) is 2. The van der Waals surface area contributed by atoms with E-state index >= 15 is 0 Å². The standard InChI is InChI=1S/C16H24N2O4S.ClH/c1-12-11-17-8-7-15(12)18-16(19)13-3-5-14(6-4-13)23(20,21)10-9-22-2;/h3-6,12,15,17H,7-11H2,1-2H3,(H,18,19);1H. The van der Waals surface area contributed by atoms with E-state index in [-0.39, 0.29) is 41.6 Å². The fourth-order valence-electron chi connectivity index (χ4n) is 2.60. The second-order valence-corrected chi connectivity index (χ2v) is 8.00. The van der Waals surface area contributed by atoms with Crippen molar-refractivity contribution in [2.75, 3.05) is 32.6 Å². The Morgan fingerprint density at radius 1 is 1.33 bits per heavy atom. The van der Waals surface area contributed by atoms with Crippen LogP contribution < -0.4 is 10.6 Å². The lowest BCUT2D eigenvalue weighted by atomic mass is 9.95. The number of methoxy groups -OCH3 is 1. The van der Waals surface area contributed by atoms with Gasteiger partial charge in [-0.05, 0) is 49.7 Å². The molecule has 1 fully saturated rings. The van der Waals surface area contributed by atoms with Crippen LogP contribution in [0.2, 0.25) is 0 Å². The Labute approximate surface area is 149 Å². The third-order valence-electron chi connectivity index (χ3n) is 4.13. The van der Waals surface area contributed by atoms with Gasteiger partial charge < -0.3 is 15.4 Å². The summed E-state index contributed by atoms with van der Waals surface area (Å²) in [5, 5.41) is 6.32. The van der Waals surface area contributed by atoms with Crippen molar-refractivity contribution in [3.8, 4) is 0 Å². The molecule has 1 saturated heterocycles. The van der Waals surface area contributed by atoms with E-state index in [0.29, 0.717) is 11.5 Å². The Hall–Kier alpha value is -1.15. The Morgan fingerprint density at radius 3 is 2.58 bits per heavy atom. The highest BCUT2D eigenvalue weighted by Crippen LogP contribution is 2.14. The minimum Gasteiger partial charge on any atom is -0.384 e. The molecule has 0 aromatic heterocycles. The summed E-state index contributed by atoms with van der Waals surface area (Å²) in [4.78, 5) is 12.5. The summed E-state index contributed by atoms with van der Waals surface area (Å²) in [5.74, 6) is 0.146. The zero-order valence-corrected chi connectivity index (χ0v) is 15.6. The van der Waals surface area contributed by atoms with E-state index in [1.54, 1.807) is 12.1 Å². The average Bonchev–Trinajstić information content (AvgIpc) is 2.55. The highest BCUT2D eigenvalue weighted by atomic mass is 35.5. The van der Waals surface area contributed by atoms with Crippen LogP contribution in [0, 0.1) is 5.92 Å². The van der Waals surface area contributed by atoms with E-state index in [2.05, 4.69) is 17.6 Å². The Balaban J connectivity index is 0.00000288. The third kappa shape index (κ3) is 5.44. The predicted molar refractivity (Wildman–Crippen MR) is 95.5 cm³/mol. The molecule has 1 aromatic rings. The van der Waals surface area contributed by atoms with Crippen LogP contribution in [0.15, 0.2) is 29.2 Å². The molecule has 2 rings (SSSR count). The second-order valence-electron chi connectivity index (χ2n) is 5.89. The number of benzene rings is 1. The number of ether oxygens (including phenoxy) is 1. The highest BCUT2D eigenvalue weighted by molar-refractivity contribution is 7.91. The fraction of sp³-hybridized carbons (Fsp3) is 0.562. The molecular formula is C16H25ClN2O4S. The molecule has 1 heterocycles. The number of halogens is 1. The molecule has 0 saturated carbocycles. The van der Waals surface area contributed by atoms with Gasteiger partial charge in [0.25, 0.3) is 5.91 Å². The van der Waals surface area contributed by atoms with E-state index in [0.717, 1.165) is 19.5 Å². The SMILES string of the molecule is COCCS(=O)(=O)c1ccc(C(=O)NC2CCNCC2C)cc1.Cl. The zero-order chi connectivity index (χ0) is 16.9. The summed E-state index contributed by atoms with van der Waals surface area (Å²) < 4.78 is 28.9. The van der Waals surface area contributed by atoms with Crippen molar-refractivity contribution in [2.24, 2.45) is 5.92 Å². The third-order valence-corrected chi connectivity index (χ3v) is 5.83. The van der Waals surface area contributed by atoms with Gasteiger partial charge in [-0.3, -0.25) is 4.79 Å². The first-order valence-electron chi connectivity index (χ1n) is 7.77. The number of sulfone groups is 1. The molecule has 1 aromatic carbocycles. The Morgan fingerprint density at radius 2 is 2.00 bits per heavy atom. The van der Waals surface area contributed by atoms with Gasteiger partial charge in [0.05, 0.1) is 17.3 Å². The lowest BCUT2D eigenvalue weighted by Gasteiger charge is -2.30. The number of rotatable bonds is 6. The first kappa shape index (κ1) is 20.9. The van der Waals surface area contributed by atoms with Gasteiger partial charge in [0.1, 0.15) is 0 Å². The molecular weight excluding hydrogens is 352 g/mol. The molecule has 136 valence electrons. The van der Waals surface area contributed by atoms with Crippen molar-refractivity contribution in [1.82, 2.24) is 10.6 Å². The minimum absolute atomic E-state index is 0. The smallest absolute Gasteiger partial charge is 0.251 e.